The number of carbonyl (C=O) groups is 2. The molecule has 2 amide bonds. The number of nitrogens with two attached hydrogens (primary N) is 1. The molecule has 1 saturated heterocycles. The fourth-order valence-corrected chi connectivity index (χ4v) is 2.22. The number of rotatable bonds is 4. The van der Waals surface area contributed by atoms with E-state index in [1.54, 1.807) is 25.1 Å². The van der Waals surface area contributed by atoms with E-state index in [0.717, 1.165) is 5.56 Å². The zero-order chi connectivity index (χ0) is 14.0. The van der Waals surface area contributed by atoms with Crippen molar-refractivity contribution >= 4 is 17.5 Å². The van der Waals surface area contributed by atoms with Crippen molar-refractivity contribution in [1.29, 1.82) is 0 Å². The van der Waals surface area contributed by atoms with E-state index in [-0.39, 0.29) is 24.2 Å². The van der Waals surface area contributed by atoms with E-state index in [4.69, 9.17) is 10.5 Å². The maximum atomic E-state index is 12.0. The molecule has 2 rings (SSSR count). The molecule has 1 aliphatic heterocycles. The van der Waals surface area contributed by atoms with Gasteiger partial charge >= 0.3 is 0 Å². The van der Waals surface area contributed by atoms with Crippen LogP contribution in [0.15, 0.2) is 18.2 Å². The smallest absolute Gasteiger partial charge is 0.237 e. The normalized spacial score (nSPS) is 19.1. The lowest BCUT2D eigenvalue weighted by Gasteiger charge is -2.17. The highest BCUT2D eigenvalue weighted by Gasteiger charge is 2.36. The van der Waals surface area contributed by atoms with Gasteiger partial charge in [0, 0.05) is 24.4 Å². The third kappa shape index (κ3) is 2.46. The van der Waals surface area contributed by atoms with Gasteiger partial charge in [-0.15, -0.1) is 0 Å². The lowest BCUT2D eigenvalue weighted by atomic mass is 10.1. The number of imide groups is 1. The molecule has 1 aromatic carbocycles. The Kier molecular flexibility index (Phi) is 3.85. The molecule has 0 aliphatic carbocycles. The second-order valence-corrected chi connectivity index (χ2v) is 4.60. The van der Waals surface area contributed by atoms with Crippen molar-refractivity contribution in [1.82, 2.24) is 0 Å². The predicted octanol–water partition coefficient (Wildman–Crippen LogP) is 1.44. The minimum absolute atomic E-state index is 0.155. The summed E-state index contributed by atoms with van der Waals surface area (Å²) in [6.45, 7) is 4.50. The second kappa shape index (κ2) is 5.40. The van der Waals surface area contributed by atoms with Crippen LogP contribution in [0.3, 0.4) is 0 Å². The van der Waals surface area contributed by atoms with Gasteiger partial charge in [-0.25, -0.2) is 0 Å². The largest absolute Gasteiger partial charge is 0.494 e. The Morgan fingerprint density at radius 3 is 2.68 bits per heavy atom. The van der Waals surface area contributed by atoms with E-state index in [2.05, 4.69) is 0 Å². The van der Waals surface area contributed by atoms with Crippen molar-refractivity contribution in [3.63, 3.8) is 0 Å². The molecule has 19 heavy (non-hydrogen) atoms. The number of carbonyl (C=O) groups excluding carboxylic acids is 2. The fraction of sp³-hybridized carbons (Fsp3) is 0.429. The molecule has 0 bridgehead atoms. The van der Waals surface area contributed by atoms with E-state index in [9.17, 15) is 9.59 Å². The summed E-state index contributed by atoms with van der Waals surface area (Å²) in [4.78, 5) is 25.1. The summed E-state index contributed by atoms with van der Waals surface area (Å²) < 4.78 is 5.45. The Morgan fingerprint density at radius 2 is 2.16 bits per heavy atom. The van der Waals surface area contributed by atoms with Crippen molar-refractivity contribution in [2.75, 3.05) is 11.5 Å². The van der Waals surface area contributed by atoms with Crippen LogP contribution in [0.4, 0.5) is 5.69 Å². The molecule has 1 fully saturated rings. The first-order valence-electron chi connectivity index (χ1n) is 6.41. The van der Waals surface area contributed by atoms with Gasteiger partial charge in [0.25, 0.3) is 0 Å². The van der Waals surface area contributed by atoms with Crippen LogP contribution in [0.5, 0.6) is 5.75 Å². The van der Waals surface area contributed by atoms with Gasteiger partial charge in [-0.05, 0) is 25.1 Å². The highest BCUT2D eigenvalue weighted by Crippen LogP contribution is 2.30. The third-order valence-corrected chi connectivity index (χ3v) is 3.19. The SMILES string of the molecule is CCOc1ccc(N2C(=O)CC(C)C2=O)cc1CN. The highest BCUT2D eigenvalue weighted by atomic mass is 16.5. The molecule has 1 unspecified atom stereocenters. The molecule has 1 aliphatic rings. The van der Waals surface area contributed by atoms with E-state index >= 15 is 0 Å². The first-order chi connectivity index (χ1) is 9.08. The summed E-state index contributed by atoms with van der Waals surface area (Å²) in [6.07, 6.45) is 0.268. The van der Waals surface area contributed by atoms with Gasteiger partial charge in [0.1, 0.15) is 5.75 Å². The monoisotopic (exact) mass is 262 g/mol. The van der Waals surface area contributed by atoms with E-state index in [0.29, 0.717) is 24.6 Å². The van der Waals surface area contributed by atoms with Crippen LogP contribution in [-0.4, -0.2) is 18.4 Å². The summed E-state index contributed by atoms with van der Waals surface area (Å²) in [5.74, 6) is 0.128. The zero-order valence-electron chi connectivity index (χ0n) is 11.2. The van der Waals surface area contributed by atoms with Crippen molar-refractivity contribution < 1.29 is 14.3 Å². The average Bonchev–Trinajstić information content (AvgIpc) is 2.64. The van der Waals surface area contributed by atoms with Crippen molar-refractivity contribution in [2.24, 2.45) is 11.7 Å². The molecule has 5 heteroatoms. The summed E-state index contributed by atoms with van der Waals surface area (Å²) in [5, 5.41) is 0. The Balaban J connectivity index is 2.36. The Labute approximate surface area is 112 Å². The van der Waals surface area contributed by atoms with Crippen LogP contribution in [-0.2, 0) is 16.1 Å². The van der Waals surface area contributed by atoms with Crippen molar-refractivity contribution in [3.8, 4) is 5.75 Å². The molecule has 1 heterocycles. The maximum Gasteiger partial charge on any atom is 0.237 e. The lowest BCUT2D eigenvalue weighted by Crippen LogP contribution is -2.30. The minimum Gasteiger partial charge on any atom is -0.494 e. The average molecular weight is 262 g/mol. The molecule has 1 aromatic rings. The number of hydrogen-bond acceptors (Lipinski definition) is 4. The van der Waals surface area contributed by atoms with Gasteiger partial charge in [0.15, 0.2) is 0 Å². The molecular formula is C14H18N2O3. The Bertz CT molecular complexity index is 513. The van der Waals surface area contributed by atoms with Crippen molar-refractivity contribution in [2.45, 2.75) is 26.8 Å². The molecule has 0 saturated carbocycles. The molecule has 2 N–H and O–H groups in total. The summed E-state index contributed by atoms with van der Waals surface area (Å²) in [5.41, 5.74) is 7.04. The van der Waals surface area contributed by atoms with Crippen LogP contribution >= 0.6 is 0 Å². The molecular weight excluding hydrogens is 244 g/mol. The molecule has 0 radical (unpaired) electrons. The van der Waals surface area contributed by atoms with E-state index < -0.39 is 0 Å². The molecule has 5 nitrogen and oxygen atoms in total. The van der Waals surface area contributed by atoms with Gasteiger partial charge in [-0.2, -0.15) is 0 Å². The molecule has 0 aromatic heterocycles. The highest BCUT2D eigenvalue weighted by molar-refractivity contribution is 6.20. The zero-order valence-corrected chi connectivity index (χ0v) is 11.2. The van der Waals surface area contributed by atoms with Crippen LogP contribution in [0.25, 0.3) is 0 Å². The Hall–Kier alpha value is -1.88. The number of hydrogen-bond donors (Lipinski definition) is 1. The van der Waals surface area contributed by atoms with E-state index in [1.165, 1.54) is 4.90 Å². The van der Waals surface area contributed by atoms with Gasteiger partial charge < -0.3 is 10.5 Å². The Morgan fingerprint density at radius 1 is 1.42 bits per heavy atom. The number of nitrogens with zero attached hydrogens (tertiary/aromatic N) is 1. The minimum atomic E-state index is -0.250. The van der Waals surface area contributed by atoms with Crippen LogP contribution in [0, 0.1) is 5.92 Å². The standard InChI is InChI=1S/C14H18N2O3/c1-3-19-12-5-4-11(7-10(12)8-15)16-13(17)6-9(2)14(16)18/h4-5,7,9H,3,6,8,15H2,1-2H3. The second-order valence-electron chi connectivity index (χ2n) is 4.60. The molecule has 0 spiro atoms. The van der Waals surface area contributed by atoms with Gasteiger partial charge in [0.2, 0.25) is 11.8 Å². The van der Waals surface area contributed by atoms with Crippen LogP contribution in [0.2, 0.25) is 0 Å². The van der Waals surface area contributed by atoms with Gasteiger partial charge in [0.05, 0.1) is 12.3 Å². The molecule has 1 atom stereocenters. The van der Waals surface area contributed by atoms with Crippen molar-refractivity contribution in [3.05, 3.63) is 23.8 Å². The van der Waals surface area contributed by atoms with Gasteiger partial charge in [-0.1, -0.05) is 6.92 Å². The number of anilines is 1. The predicted molar refractivity (Wildman–Crippen MR) is 71.8 cm³/mol. The maximum absolute atomic E-state index is 12.0. The lowest BCUT2D eigenvalue weighted by molar-refractivity contribution is -0.122. The first kappa shape index (κ1) is 13.5. The summed E-state index contributed by atoms with van der Waals surface area (Å²) >= 11 is 0. The van der Waals surface area contributed by atoms with Crippen LogP contribution < -0.4 is 15.4 Å². The quantitative estimate of drug-likeness (QED) is 0.833. The molecule has 102 valence electrons. The van der Waals surface area contributed by atoms with Crippen LogP contribution in [0.1, 0.15) is 25.8 Å². The number of amides is 2. The number of benzene rings is 1. The number of ether oxygens (including phenoxy) is 1. The summed E-state index contributed by atoms with van der Waals surface area (Å²) in [7, 11) is 0. The van der Waals surface area contributed by atoms with Gasteiger partial charge in [-0.3, -0.25) is 14.5 Å². The van der Waals surface area contributed by atoms with E-state index in [1.807, 2.05) is 6.92 Å². The first-order valence-corrected chi connectivity index (χ1v) is 6.41. The topological polar surface area (TPSA) is 72.6 Å². The fourth-order valence-electron chi connectivity index (χ4n) is 2.22. The summed E-state index contributed by atoms with van der Waals surface area (Å²) in [6, 6.07) is 5.22. The third-order valence-electron chi connectivity index (χ3n) is 3.19.